The highest BCUT2D eigenvalue weighted by atomic mass is 79.9. The molecule has 2 aromatic heterocycles. The van der Waals surface area contributed by atoms with Gasteiger partial charge in [-0.25, -0.2) is 9.97 Å². The lowest BCUT2D eigenvalue weighted by molar-refractivity contribution is 1.19. The van der Waals surface area contributed by atoms with Gasteiger partial charge in [0.05, 0.1) is 5.39 Å². The van der Waals surface area contributed by atoms with E-state index in [1.54, 1.807) is 17.7 Å². The standard InChI is InChI=1S/C21H17BrClN3S/c1-3-17-18(13-7-9-14(22)10-8-13)19-20(24-11-25-21(19)27-17)26-16-6-4-5-15(23)12(16)2/h4-11H,3H2,1-2H3,(H,24,25,26). The van der Waals surface area contributed by atoms with E-state index in [2.05, 4.69) is 62.4 Å². The lowest BCUT2D eigenvalue weighted by atomic mass is 10.0. The molecule has 0 amide bonds. The maximum absolute atomic E-state index is 6.29. The van der Waals surface area contributed by atoms with Crippen LogP contribution in [0.3, 0.4) is 0 Å². The van der Waals surface area contributed by atoms with E-state index in [0.717, 1.165) is 43.2 Å². The van der Waals surface area contributed by atoms with Gasteiger partial charge in [0.1, 0.15) is 17.0 Å². The molecule has 0 aliphatic carbocycles. The van der Waals surface area contributed by atoms with Crippen LogP contribution in [0.15, 0.2) is 53.3 Å². The van der Waals surface area contributed by atoms with Crippen molar-refractivity contribution in [3.63, 3.8) is 0 Å². The van der Waals surface area contributed by atoms with E-state index in [4.69, 9.17) is 11.6 Å². The average Bonchev–Trinajstić information content (AvgIpc) is 3.06. The smallest absolute Gasteiger partial charge is 0.143 e. The molecule has 2 heterocycles. The van der Waals surface area contributed by atoms with Gasteiger partial charge in [0.25, 0.3) is 0 Å². The van der Waals surface area contributed by atoms with E-state index in [-0.39, 0.29) is 0 Å². The van der Waals surface area contributed by atoms with Crippen LogP contribution >= 0.6 is 38.9 Å². The molecular weight excluding hydrogens is 442 g/mol. The summed E-state index contributed by atoms with van der Waals surface area (Å²) in [4.78, 5) is 11.4. The van der Waals surface area contributed by atoms with Crippen molar-refractivity contribution in [3.8, 4) is 11.1 Å². The molecule has 0 spiro atoms. The number of benzene rings is 2. The maximum atomic E-state index is 6.29. The number of aryl methyl sites for hydroxylation is 1. The molecule has 1 N–H and O–H groups in total. The SMILES string of the molecule is CCc1sc2ncnc(Nc3cccc(Cl)c3C)c2c1-c1ccc(Br)cc1. The molecule has 0 saturated heterocycles. The van der Waals surface area contributed by atoms with Crippen molar-refractivity contribution >= 4 is 60.6 Å². The first kappa shape index (κ1) is 18.4. The van der Waals surface area contributed by atoms with Crippen molar-refractivity contribution in [2.45, 2.75) is 20.3 Å². The normalized spacial score (nSPS) is 11.1. The molecule has 0 aliphatic rings. The third kappa shape index (κ3) is 3.47. The summed E-state index contributed by atoms with van der Waals surface area (Å²) in [5.74, 6) is 0.805. The van der Waals surface area contributed by atoms with Crippen LogP contribution in [0, 0.1) is 6.92 Å². The van der Waals surface area contributed by atoms with Gasteiger partial charge < -0.3 is 5.32 Å². The zero-order valence-electron chi connectivity index (χ0n) is 14.9. The highest BCUT2D eigenvalue weighted by Gasteiger charge is 2.18. The highest BCUT2D eigenvalue weighted by molar-refractivity contribution is 9.10. The number of thiophene rings is 1. The zero-order valence-corrected chi connectivity index (χ0v) is 18.0. The van der Waals surface area contributed by atoms with Gasteiger partial charge >= 0.3 is 0 Å². The Labute approximate surface area is 175 Å². The molecular formula is C21H17BrClN3S. The topological polar surface area (TPSA) is 37.8 Å². The van der Waals surface area contributed by atoms with E-state index in [0.29, 0.717) is 0 Å². The van der Waals surface area contributed by atoms with Gasteiger partial charge in [-0.2, -0.15) is 0 Å². The molecule has 2 aromatic carbocycles. The van der Waals surface area contributed by atoms with Crippen molar-refractivity contribution in [2.75, 3.05) is 5.32 Å². The molecule has 0 bridgehead atoms. The van der Waals surface area contributed by atoms with Crippen LogP contribution in [0.25, 0.3) is 21.3 Å². The van der Waals surface area contributed by atoms with Gasteiger partial charge in [0.15, 0.2) is 0 Å². The zero-order chi connectivity index (χ0) is 19.0. The second-order valence-electron chi connectivity index (χ2n) is 6.20. The maximum Gasteiger partial charge on any atom is 0.143 e. The first-order chi connectivity index (χ1) is 13.1. The van der Waals surface area contributed by atoms with Crippen LogP contribution in [0.4, 0.5) is 11.5 Å². The molecule has 6 heteroatoms. The second kappa shape index (κ2) is 7.58. The van der Waals surface area contributed by atoms with Crippen molar-refractivity contribution < 1.29 is 0 Å². The molecule has 4 aromatic rings. The summed E-state index contributed by atoms with van der Waals surface area (Å²) in [7, 11) is 0. The fraction of sp³-hybridized carbons (Fsp3) is 0.143. The quantitative estimate of drug-likeness (QED) is 0.346. The van der Waals surface area contributed by atoms with Crippen LogP contribution in [0.2, 0.25) is 5.02 Å². The summed E-state index contributed by atoms with van der Waals surface area (Å²) >= 11 is 11.5. The summed E-state index contributed by atoms with van der Waals surface area (Å²) in [5.41, 5.74) is 4.32. The van der Waals surface area contributed by atoms with E-state index >= 15 is 0 Å². The van der Waals surface area contributed by atoms with Crippen LogP contribution < -0.4 is 5.32 Å². The second-order valence-corrected chi connectivity index (χ2v) is 8.61. The fourth-order valence-electron chi connectivity index (χ4n) is 3.12. The molecule has 0 radical (unpaired) electrons. The number of fused-ring (bicyclic) bond motifs is 1. The highest BCUT2D eigenvalue weighted by Crippen LogP contribution is 2.42. The van der Waals surface area contributed by atoms with E-state index in [1.807, 2.05) is 25.1 Å². The predicted molar refractivity (Wildman–Crippen MR) is 119 cm³/mol. The van der Waals surface area contributed by atoms with Crippen molar-refractivity contribution in [2.24, 2.45) is 0 Å². The van der Waals surface area contributed by atoms with Crippen LogP contribution in [0.1, 0.15) is 17.4 Å². The largest absolute Gasteiger partial charge is 0.339 e. The predicted octanol–water partition coefficient (Wildman–Crippen LogP) is 7.39. The van der Waals surface area contributed by atoms with Crippen molar-refractivity contribution in [3.05, 3.63) is 68.7 Å². The Morgan fingerprint density at radius 3 is 2.63 bits per heavy atom. The molecule has 136 valence electrons. The van der Waals surface area contributed by atoms with Crippen LogP contribution in [0.5, 0.6) is 0 Å². The van der Waals surface area contributed by atoms with E-state index in [9.17, 15) is 0 Å². The van der Waals surface area contributed by atoms with Gasteiger partial charge in [0, 0.05) is 25.6 Å². The molecule has 4 rings (SSSR count). The molecule has 0 saturated carbocycles. The molecule has 0 unspecified atom stereocenters. The van der Waals surface area contributed by atoms with Gasteiger partial charge in [-0.1, -0.05) is 52.7 Å². The molecule has 27 heavy (non-hydrogen) atoms. The fourth-order valence-corrected chi connectivity index (χ4v) is 4.65. The lowest BCUT2D eigenvalue weighted by Gasteiger charge is -2.12. The van der Waals surface area contributed by atoms with Crippen LogP contribution in [-0.2, 0) is 6.42 Å². The van der Waals surface area contributed by atoms with Crippen molar-refractivity contribution in [1.29, 1.82) is 0 Å². The van der Waals surface area contributed by atoms with Gasteiger partial charge in [0.2, 0.25) is 0 Å². The number of hydrogen-bond donors (Lipinski definition) is 1. The Balaban J connectivity index is 1.93. The minimum absolute atomic E-state index is 0.734. The van der Waals surface area contributed by atoms with Gasteiger partial charge in [-0.3, -0.25) is 0 Å². The minimum atomic E-state index is 0.734. The molecule has 0 fully saturated rings. The van der Waals surface area contributed by atoms with E-state index < -0.39 is 0 Å². The Bertz CT molecular complexity index is 1120. The minimum Gasteiger partial charge on any atom is -0.339 e. The van der Waals surface area contributed by atoms with E-state index in [1.165, 1.54) is 16.0 Å². The summed E-state index contributed by atoms with van der Waals surface area (Å²) in [5, 5.41) is 5.27. The third-order valence-corrected chi connectivity index (χ3v) is 6.72. The summed E-state index contributed by atoms with van der Waals surface area (Å²) < 4.78 is 1.06. The first-order valence-corrected chi connectivity index (χ1v) is 10.6. The van der Waals surface area contributed by atoms with Crippen molar-refractivity contribution in [1.82, 2.24) is 9.97 Å². The number of nitrogens with one attached hydrogen (secondary N) is 1. The summed E-state index contributed by atoms with van der Waals surface area (Å²) in [6.07, 6.45) is 2.56. The Kier molecular flexibility index (Phi) is 5.17. The lowest BCUT2D eigenvalue weighted by Crippen LogP contribution is -1.98. The van der Waals surface area contributed by atoms with Gasteiger partial charge in [-0.15, -0.1) is 11.3 Å². The number of anilines is 2. The number of rotatable bonds is 4. The number of halogens is 2. The summed E-state index contributed by atoms with van der Waals surface area (Å²) in [6, 6.07) is 14.2. The number of aromatic nitrogens is 2. The number of nitrogens with zero attached hydrogens (tertiary/aromatic N) is 2. The van der Waals surface area contributed by atoms with Gasteiger partial charge in [-0.05, 0) is 48.7 Å². The van der Waals surface area contributed by atoms with Crippen LogP contribution in [-0.4, -0.2) is 9.97 Å². The Morgan fingerprint density at radius 2 is 1.89 bits per heavy atom. The molecule has 0 atom stereocenters. The first-order valence-electron chi connectivity index (χ1n) is 8.63. The Hall–Kier alpha value is -1.95. The summed E-state index contributed by atoms with van der Waals surface area (Å²) in [6.45, 7) is 4.18. The molecule has 3 nitrogen and oxygen atoms in total. The monoisotopic (exact) mass is 457 g/mol. The number of hydrogen-bond acceptors (Lipinski definition) is 4. The Morgan fingerprint density at radius 1 is 1.11 bits per heavy atom. The third-order valence-electron chi connectivity index (χ3n) is 4.54. The molecule has 0 aliphatic heterocycles. The average molecular weight is 459 g/mol.